The van der Waals surface area contributed by atoms with Crippen molar-refractivity contribution in [1.82, 2.24) is 9.88 Å². The highest BCUT2D eigenvalue weighted by molar-refractivity contribution is 6.29. The van der Waals surface area contributed by atoms with E-state index in [1.54, 1.807) is 12.3 Å². The number of nitrogens with zero attached hydrogens (tertiary/aromatic N) is 2. The first-order valence-corrected chi connectivity index (χ1v) is 6.23. The van der Waals surface area contributed by atoms with Crippen LogP contribution >= 0.6 is 11.6 Å². The fraction of sp³-hybridized carbons (Fsp3) is 0.500. The van der Waals surface area contributed by atoms with E-state index in [1.165, 1.54) is 4.90 Å². The van der Waals surface area contributed by atoms with Gasteiger partial charge in [-0.1, -0.05) is 11.6 Å². The van der Waals surface area contributed by atoms with Gasteiger partial charge >= 0.3 is 6.09 Å². The van der Waals surface area contributed by atoms with Crippen molar-refractivity contribution >= 4 is 17.7 Å². The van der Waals surface area contributed by atoms with Crippen LogP contribution in [-0.2, 0) is 11.3 Å². The van der Waals surface area contributed by atoms with Gasteiger partial charge in [0.15, 0.2) is 0 Å². The van der Waals surface area contributed by atoms with Crippen molar-refractivity contribution in [2.45, 2.75) is 25.6 Å². The second-order valence-corrected chi connectivity index (χ2v) is 4.65. The number of likely N-dealkylation sites (tertiary alicyclic amines) is 1. The van der Waals surface area contributed by atoms with Gasteiger partial charge in [0.25, 0.3) is 0 Å². The summed E-state index contributed by atoms with van der Waals surface area (Å²) in [5.74, 6) is 0. The lowest BCUT2D eigenvalue weighted by molar-refractivity contribution is 0.000347. The third kappa shape index (κ3) is 3.58. The number of piperidine rings is 1. The smallest absolute Gasteiger partial charge is 0.407 e. The van der Waals surface area contributed by atoms with Crippen molar-refractivity contribution in [3.63, 3.8) is 0 Å². The molecule has 6 heteroatoms. The van der Waals surface area contributed by atoms with E-state index in [0.29, 0.717) is 24.8 Å². The molecule has 98 valence electrons. The maximum absolute atomic E-state index is 10.7. The van der Waals surface area contributed by atoms with Gasteiger partial charge in [-0.25, -0.2) is 9.78 Å². The number of pyridine rings is 1. The molecule has 2 heterocycles. The molecule has 0 spiro atoms. The highest BCUT2D eigenvalue weighted by Crippen LogP contribution is 2.16. The third-order valence-electron chi connectivity index (χ3n) is 2.99. The van der Waals surface area contributed by atoms with E-state index in [2.05, 4.69) is 4.98 Å². The fourth-order valence-corrected chi connectivity index (χ4v) is 2.16. The molecule has 0 unspecified atom stereocenters. The number of amides is 1. The summed E-state index contributed by atoms with van der Waals surface area (Å²) in [5, 5.41) is 9.28. The van der Waals surface area contributed by atoms with Crippen molar-refractivity contribution in [1.29, 1.82) is 0 Å². The van der Waals surface area contributed by atoms with E-state index in [9.17, 15) is 4.79 Å². The van der Waals surface area contributed by atoms with Gasteiger partial charge in [-0.2, -0.15) is 0 Å². The molecule has 18 heavy (non-hydrogen) atoms. The Kier molecular flexibility index (Phi) is 4.38. The molecular weight excluding hydrogens is 256 g/mol. The molecule has 5 nitrogen and oxygen atoms in total. The van der Waals surface area contributed by atoms with E-state index >= 15 is 0 Å². The minimum Gasteiger partial charge on any atom is -0.465 e. The lowest BCUT2D eigenvalue weighted by Crippen LogP contribution is -2.40. The Balaban J connectivity index is 1.77. The number of hydrogen-bond acceptors (Lipinski definition) is 3. The Bertz CT molecular complexity index is 420. The van der Waals surface area contributed by atoms with Crippen molar-refractivity contribution in [3.05, 3.63) is 29.0 Å². The summed E-state index contributed by atoms with van der Waals surface area (Å²) in [6.07, 6.45) is 2.39. The van der Waals surface area contributed by atoms with Gasteiger partial charge in [-0.3, -0.25) is 0 Å². The number of ether oxygens (including phenoxy) is 1. The van der Waals surface area contributed by atoms with Crippen LogP contribution in [0.15, 0.2) is 18.3 Å². The zero-order valence-electron chi connectivity index (χ0n) is 9.88. The first-order chi connectivity index (χ1) is 8.65. The molecule has 1 aromatic heterocycles. The molecule has 0 bridgehead atoms. The van der Waals surface area contributed by atoms with Crippen molar-refractivity contribution in [3.8, 4) is 0 Å². The Morgan fingerprint density at radius 2 is 2.28 bits per heavy atom. The average molecular weight is 271 g/mol. The second kappa shape index (κ2) is 6.02. The number of carbonyl (C=O) groups is 1. The number of halogens is 1. The fourth-order valence-electron chi connectivity index (χ4n) is 1.96. The minimum atomic E-state index is -0.852. The Hall–Kier alpha value is -1.33. The molecule has 1 aromatic rings. The number of aromatic nitrogens is 1. The lowest BCUT2D eigenvalue weighted by Gasteiger charge is -2.29. The largest absolute Gasteiger partial charge is 0.465 e. The van der Waals surface area contributed by atoms with E-state index < -0.39 is 6.09 Å². The molecule has 0 radical (unpaired) electrons. The summed E-state index contributed by atoms with van der Waals surface area (Å²) >= 11 is 5.78. The van der Waals surface area contributed by atoms with E-state index in [-0.39, 0.29) is 6.10 Å². The molecule has 0 aromatic carbocycles. The molecule has 1 amide bonds. The van der Waals surface area contributed by atoms with Crippen LogP contribution in [-0.4, -0.2) is 40.3 Å². The van der Waals surface area contributed by atoms with E-state index in [4.69, 9.17) is 21.4 Å². The monoisotopic (exact) mass is 270 g/mol. The standard InChI is InChI=1S/C12H15ClN2O3/c13-11-7-9(1-4-14-11)8-18-10-2-5-15(6-3-10)12(16)17/h1,4,7,10H,2-3,5-6,8H2,(H,16,17). The van der Waals surface area contributed by atoms with Gasteiger partial charge < -0.3 is 14.7 Å². The molecule has 2 rings (SSSR count). The number of carboxylic acid groups (broad SMARTS) is 1. The summed E-state index contributed by atoms with van der Waals surface area (Å²) in [5.41, 5.74) is 0.982. The van der Waals surface area contributed by atoms with Gasteiger partial charge in [0.1, 0.15) is 5.15 Å². The first kappa shape index (κ1) is 13.1. The topological polar surface area (TPSA) is 62.7 Å². The summed E-state index contributed by atoms with van der Waals surface area (Å²) < 4.78 is 5.75. The van der Waals surface area contributed by atoms with Gasteiger partial charge in [0.05, 0.1) is 12.7 Å². The van der Waals surface area contributed by atoms with Crippen LogP contribution < -0.4 is 0 Å². The quantitative estimate of drug-likeness (QED) is 0.857. The summed E-state index contributed by atoms with van der Waals surface area (Å²) in [6, 6.07) is 3.63. The molecule has 0 atom stereocenters. The van der Waals surface area contributed by atoms with Gasteiger partial charge in [-0.15, -0.1) is 0 Å². The predicted octanol–water partition coefficient (Wildman–Crippen LogP) is 2.39. The number of rotatable bonds is 3. The van der Waals surface area contributed by atoms with Crippen LogP contribution in [0.2, 0.25) is 5.15 Å². The second-order valence-electron chi connectivity index (χ2n) is 4.27. The van der Waals surface area contributed by atoms with Gasteiger partial charge in [-0.05, 0) is 30.5 Å². The maximum Gasteiger partial charge on any atom is 0.407 e. The van der Waals surface area contributed by atoms with Crippen molar-refractivity contribution < 1.29 is 14.6 Å². The van der Waals surface area contributed by atoms with E-state index in [0.717, 1.165) is 18.4 Å². The molecule has 1 aliphatic heterocycles. The molecule has 0 saturated carbocycles. The van der Waals surface area contributed by atoms with E-state index in [1.807, 2.05) is 6.07 Å². The summed E-state index contributed by atoms with van der Waals surface area (Å²) in [4.78, 5) is 16.1. The van der Waals surface area contributed by atoms with Gasteiger partial charge in [0.2, 0.25) is 0 Å². The highest BCUT2D eigenvalue weighted by Gasteiger charge is 2.22. The van der Waals surface area contributed by atoms with Crippen LogP contribution in [0.25, 0.3) is 0 Å². The Labute approximate surface area is 110 Å². The molecule has 1 saturated heterocycles. The van der Waals surface area contributed by atoms with Crippen molar-refractivity contribution in [2.24, 2.45) is 0 Å². The number of hydrogen-bond donors (Lipinski definition) is 1. The van der Waals surface area contributed by atoms with Crippen LogP contribution in [0.4, 0.5) is 4.79 Å². The zero-order chi connectivity index (χ0) is 13.0. The molecule has 1 fully saturated rings. The molecule has 1 aliphatic rings. The predicted molar refractivity (Wildman–Crippen MR) is 66.7 cm³/mol. The zero-order valence-corrected chi connectivity index (χ0v) is 10.6. The lowest BCUT2D eigenvalue weighted by atomic mass is 10.1. The molecular formula is C12H15ClN2O3. The summed E-state index contributed by atoms with van der Waals surface area (Å²) in [6.45, 7) is 1.56. The van der Waals surface area contributed by atoms with Crippen LogP contribution in [0.3, 0.4) is 0 Å². The third-order valence-corrected chi connectivity index (χ3v) is 3.20. The first-order valence-electron chi connectivity index (χ1n) is 5.85. The maximum atomic E-state index is 10.7. The summed E-state index contributed by atoms with van der Waals surface area (Å²) in [7, 11) is 0. The molecule has 1 N–H and O–H groups in total. The molecule has 0 aliphatic carbocycles. The SMILES string of the molecule is O=C(O)N1CCC(OCc2ccnc(Cl)c2)CC1. The average Bonchev–Trinajstić information content (AvgIpc) is 2.37. The Morgan fingerprint density at radius 3 is 2.89 bits per heavy atom. The van der Waals surface area contributed by atoms with Crippen LogP contribution in [0.1, 0.15) is 18.4 Å². The van der Waals surface area contributed by atoms with Crippen LogP contribution in [0.5, 0.6) is 0 Å². The Morgan fingerprint density at radius 1 is 1.56 bits per heavy atom. The van der Waals surface area contributed by atoms with Crippen LogP contribution in [0, 0.1) is 0 Å². The normalized spacial score (nSPS) is 16.8. The minimum absolute atomic E-state index is 0.118. The highest BCUT2D eigenvalue weighted by atomic mass is 35.5. The van der Waals surface area contributed by atoms with Crippen molar-refractivity contribution in [2.75, 3.05) is 13.1 Å². The van der Waals surface area contributed by atoms with Gasteiger partial charge in [0, 0.05) is 19.3 Å².